The number of carbonyl (C=O) groups excluding carboxylic acids is 1. The molecular formula is C18H17ClF3NO2. The Labute approximate surface area is 148 Å². The van der Waals surface area contributed by atoms with E-state index in [0.717, 1.165) is 17.7 Å². The van der Waals surface area contributed by atoms with Gasteiger partial charge in [-0.15, -0.1) is 0 Å². The number of aryl methyl sites for hydroxylation is 1. The molecule has 134 valence electrons. The molecule has 1 N–H and O–H groups in total. The van der Waals surface area contributed by atoms with E-state index in [4.69, 9.17) is 16.3 Å². The van der Waals surface area contributed by atoms with Gasteiger partial charge in [-0.2, -0.15) is 13.2 Å². The van der Waals surface area contributed by atoms with Gasteiger partial charge in [-0.1, -0.05) is 11.6 Å². The first kappa shape index (κ1) is 19.1. The fourth-order valence-corrected chi connectivity index (χ4v) is 2.21. The fraction of sp³-hybridized carbons (Fsp3) is 0.278. The summed E-state index contributed by atoms with van der Waals surface area (Å²) in [5.74, 6) is 0.390. The van der Waals surface area contributed by atoms with Gasteiger partial charge in [0.1, 0.15) is 5.75 Å². The van der Waals surface area contributed by atoms with Crippen molar-refractivity contribution in [1.29, 1.82) is 0 Å². The molecule has 0 aliphatic carbocycles. The number of hydrogen-bond donors (Lipinski definition) is 1. The molecule has 3 nitrogen and oxygen atoms in total. The standard InChI is InChI=1S/C18H17ClF3NO2/c1-12-11-15(8-9-16(12)19)25-10-2-3-17(24)23-14-6-4-13(5-7-14)18(20,21)22/h4-9,11H,2-3,10H2,1H3,(H,23,24). The summed E-state index contributed by atoms with van der Waals surface area (Å²) in [6.45, 7) is 2.22. The summed E-state index contributed by atoms with van der Waals surface area (Å²) in [6.07, 6.45) is -3.71. The molecule has 0 aliphatic rings. The molecule has 0 saturated carbocycles. The second kappa shape index (κ2) is 8.25. The molecule has 2 rings (SSSR count). The minimum atomic E-state index is -4.39. The number of rotatable bonds is 6. The molecule has 0 spiro atoms. The van der Waals surface area contributed by atoms with E-state index >= 15 is 0 Å². The van der Waals surface area contributed by atoms with Crippen LogP contribution < -0.4 is 10.1 Å². The quantitative estimate of drug-likeness (QED) is 0.684. The Balaban J connectivity index is 1.74. The number of amides is 1. The van der Waals surface area contributed by atoms with Crippen molar-refractivity contribution in [3.8, 4) is 5.75 Å². The van der Waals surface area contributed by atoms with Gasteiger partial charge in [-0.05, 0) is 61.4 Å². The number of alkyl halides is 3. The highest BCUT2D eigenvalue weighted by molar-refractivity contribution is 6.31. The van der Waals surface area contributed by atoms with Crippen molar-refractivity contribution in [3.63, 3.8) is 0 Å². The first-order valence-corrected chi connectivity index (χ1v) is 7.99. The first-order valence-electron chi connectivity index (χ1n) is 7.62. The van der Waals surface area contributed by atoms with E-state index in [1.165, 1.54) is 12.1 Å². The lowest BCUT2D eigenvalue weighted by Gasteiger charge is -2.09. The number of carbonyl (C=O) groups is 1. The Morgan fingerprint density at radius 3 is 2.44 bits per heavy atom. The van der Waals surface area contributed by atoms with Crippen molar-refractivity contribution in [2.75, 3.05) is 11.9 Å². The molecule has 0 aromatic heterocycles. The second-order valence-corrected chi connectivity index (χ2v) is 5.89. The summed E-state index contributed by atoms with van der Waals surface area (Å²) in [5.41, 5.74) is 0.476. The van der Waals surface area contributed by atoms with Gasteiger partial charge in [-0.3, -0.25) is 4.79 Å². The van der Waals surface area contributed by atoms with Crippen molar-refractivity contribution >= 4 is 23.2 Å². The van der Waals surface area contributed by atoms with E-state index in [1.807, 2.05) is 13.0 Å². The van der Waals surface area contributed by atoms with Crippen LogP contribution in [0.3, 0.4) is 0 Å². The number of halogens is 4. The normalized spacial score (nSPS) is 11.2. The zero-order valence-corrected chi connectivity index (χ0v) is 14.2. The fourth-order valence-electron chi connectivity index (χ4n) is 2.10. The first-order chi connectivity index (χ1) is 11.8. The highest BCUT2D eigenvalue weighted by Crippen LogP contribution is 2.29. The number of hydrogen-bond acceptors (Lipinski definition) is 2. The topological polar surface area (TPSA) is 38.3 Å². The van der Waals surface area contributed by atoms with E-state index in [0.29, 0.717) is 29.5 Å². The molecule has 0 bridgehead atoms. The molecule has 7 heteroatoms. The summed E-state index contributed by atoms with van der Waals surface area (Å²) in [7, 11) is 0. The smallest absolute Gasteiger partial charge is 0.416 e. The Kier molecular flexibility index (Phi) is 6.31. The number of nitrogens with one attached hydrogen (secondary N) is 1. The van der Waals surface area contributed by atoms with Gasteiger partial charge in [0.25, 0.3) is 0 Å². The van der Waals surface area contributed by atoms with Crippen LogP contribution in [-0.4, -0.2) is 12.5 Å². The Morgan fingerprint density at radius 1 is 1.16 bits per heavy atom. The van der Waals surface area contributed by atoms with E-state index in [9.17, 15) is 18.0 Å². The van der Waals surface area contributed by atoms with Crippen LogP contribution in [0, 0.1) is 6.92 Å². The Morgan fingerprint density at radius 2 is 1.84 bits per heavy atom. The van der Waals surface area contributed by atoms with E-state index < -0.39 is 11.7 Å². The predicted molar refractivity (Wildman–Crippen MR) is 91.0 cm³/mol. The molecule has 0 unspecified atom stereocenters. The van der Waals surface area contributed by atoms with Crippen molar-refractivity contribution in [2.24, 2.45) is 0 Å². The third-order valence-electron chi connectivity index (χ3n) is 3.44. The molecule has 0 radical (unpaired) electrons. The highest BCUT2D eigenvalue weighted by atomic mass is 35.5. The summed E-state index contributed by atoms with van der Waals surface area (Å²) >= 11 is 5.92. The van der Waals surface area contributed by atoms with Crippen molar-refractivity contribution in [2.45, 2.75) is 25.9 Å². The zero-order chi connectivity index (χ0) is 18.4. The van der Waals surface area contributed by atoms with Gasteiger partial charge in [0.2, 0.25) is 5.91 Å². The average molecular weight is 372 g/mol. The molecule has 2 aromatic carbocycles. The largest absolute Gasteiger partial charge is 0.494 e. The van der Waals surface area contributed by atoms with Crippen LogP contribution in [0.4, 0.5) is 18.9 Å². The van der Waals surface area contributed by atoms with Crippen molar-refractivity contribution < 1.29 is 22.7 Å². The molecule has 2 aromatic rings. The third kappa shape index (κ3) is 5.98. The van der Waals surface area contributed by atoms with Crippen LogP contribution in [0.5, 0.6) is 5.75 Å². The van der Waals surface area contributed by atoms with Crippen LogP contribution in [0.15, 0.2) is 42.5 Å². The maximum atomic E-state index is 12.5. The van der Waals surface area contributed by atoms with Crippen LogP contribution in [0.2, 0.25) is 5.02 Å². The summed E-state index contributed by atoms with van der Waals surface area (Å²) < 4.78 is 42.9. The van der Waals surface area contributed by atoms with Gasteiger partial charge in [0.15, 0.2) is 0 Å². The van der Waals surface area contributed by atoms with Gasteiger partial charge >= 0.3 is 6.18 Å². The summed E-state index contributed by atoms with van der Waals surface area (Å²) in [5, 5.41) is 3.21. The van der Waals surface area contributed by atoms with E-state index in [2.05, 4.69) is 5.32 Å². The van der Waals surface area contributed by atoms with Crippen LogP contribution in [0.1, 0.15) is 24.0 Å². The van der Waals surface area contributed by atoms with Crippen molar-refractivity contribution in [1.82, 2.24) is 0 Å². The lowest BCUT2D eigenvalue weighted by atomic mass is 10.2. The lowest BCUT2D eigenvalue weighted by Crippen LogP contribution is -2.13. The third-order valence-corrected chi connectivity index (χ3v) is 3.87. The predicted octanol–water partition coefficient (Wildman–Crippen LogP) is 5.46. The highest BCUT2D eigenvalue weighted by Gasteiger charge is 2.29. The lowest BCUT2D eigenvalue weighted by molar-refractivity contribution is -0.137. The van der Waals surface area contributed by atoms with Crippen LogP contribution in [-0.2, 0) is 11.0 Å². The Hall–Kier alpha value is -2.21. The minimum Gasteiger partial charge on any atom is -0.494 e. The monoisotopic (exact) mass is 371 g/mol. The number of anilines is 1. The summed E-state index contributed by atoms with van der Waals surface area (Å²) in [4.78, 5) is 11.8. The minimum absolute atomic E-state index is 0.202. The maximum Gasteiger partial charge on any atom is 0.416 e. The van der Waals surface area contributed by atoms with Crippen molar-refractivity contribution in [3.05, 3.63) is 58.6 Å². The molecule has 0 aliphatic heterocycles. The van der Waals surface area contributed by atoms with Gasteiger partial charge in [0.05, 0.1) is 12.2 Å². The SMILES string of the molecule is Cc1cc(OCCCC(=O)Nc2ccc(C(F)(F)F)cc2)ccc1Cl. The summed E-state index contributed by atoms with van der Waals surface area (Å²) in [6, 6.07) is 9.62. The second-order valence-electron chi connectivity index (χ2n) is 5.49. The zero-order valence-electron chi connectivity index (χ0n) is 13.5. The molecular weight excluding hydrogens is 355 g/mol. The maximum absolute atomic E-state index is 12.5. The Bertz CT molecular complexity index is 730. The molecule has 25 heavy (non-hydrogen) atoms. The molecule has 1 amide bonds. The number of benzene rings is 2. The molecule has 0 fully saturated rings. The van der Waals surface area contributed by atoms with E-state index in [-0.39, 0.29) is 12.3 Å². The number of ether oxygens (including phenoxy) is 1. The van der Waals surface area contributed by atoms with Gasteiger partial charge < -0.3 is 10.1 Å². The molecule has 0 saturated heterocycles. The molecule has 0 atom stereocenters. The van der Waals surface area contributed by atoms with Crippen LogP contribution >= 0.6 is 11.6 Å². The van der Waals surface area contributed by atoms with Gasteiger partial charge in [-0.25, -0.2) is 0 Å². The van der Waals surface area contributed by atoms with Gasteiger partial charge in [0, 0.05) is 17.1 Å². The average Bonchev–Trinajstić information content (AvgIpc) is 2.54. The van der Waals surface area contributed by atoms with Crippen LogP contribution in [0.25, 0.3) is 0 Å². The molecule has 0 heterocycles. The van der Waals surface area contributed by atoms with E-state index in [1.54, 1.807) is 12.1 Å².